The van der Waals surface area contributed by atoms with Crippen LogP contribution in [0.5, 0.6) is 0 Å². The molecule has 1 aliphatic rings. The maximum atomic E-state index is 11.7. The summed E-state index contributed by atoms with van der Waals surface area (Å²) in [7, 11) is 0. The molecule has 0 bridgehead atoms. The molecule has 0 heterocycles. The summed E-state index contributed by atoms with van der Waals surface area (Å²) in [5.41, 5.74) is 1.03. The largest absolute Gasteiger partial charge is 0.481 e. The standard InChI is InChI=1S/C13H13NO4/c1-7(15)8-3-2-4-9(5-8)14-12(16)10-6-11(10)13(17)18/h2-5,10-11H,6H2,1H3,(H,14,16)(H,17,18)/t10-,11+/m1/s1. The maximum absolute atomic E-state index is 11.7. The lowest BCUT2D eigenvalue weighted by molar-refractivity contribution is -0.139. The topological polar surface area (TPSA) is 83.5 Å². The first kappa shape index (κ1) is 12.3. The lowest BCUT2D eigenvalue weighted by Gasteiger charge is -2.05. The molecule has 0 aliphatic heterocycles. The van der Waals surface area contributed by atoms with Gasteiger partial charge < -0.3 is 10.4 Å². The molecule has 5 heteroatoms. The Morgan fingerprint density at radius 2 is 2.00 bits per heavy atom. The number of aliphatic carboxylic acids is 1. The summed E-state index contributed by atoms with van der Waals surface area (Å²) in [6.45, 7) is 1.45. The quantitative estimate of drug-likeness (QED) is 0.790. The number of nitrogens with one attached hydrogen (secondary N) is 1. The Morgan fingerprint density at radius 3 is 2.56 bits per heavy atom. The number of amides is 1. The highest BCUT2D eigenvalue weighted by Crippen LogP contribution is 2.39. The van der Waals surface area contributed by atoms with Gasteiger partial charge in [0.1, 0.15) is 0 Å². The monoisotopic (exact) mass is 247 g/mol. The van der Waals surface area contributed by atoms with Crippen LogP contribution in [-0.4, -0.2) is 22.8 Å². The van der Waals surface area contributed by atoms with E-state index in [9.17, 15) is 14.4 Å². The molecule has 0 spiro atoms. The molecule has 2 rings (SSSR count). The number of ketones is 1. The second-order valence-electron chi connectivity index (χ2n) is 4.41. The minimum Gasteiger partial charge on any atom is -0.481 e. The molecule has 1 aliphatic carbocycles. The Balaban J connectivity index is 2.02. The molecular formula is C13H13NO4. The summed E-state index contributed by atoms with van der Waals surface area (Å²) in [5, 5.41) is 11.4. The molecule has 18 heavy (non-hydrogen) atoms. The van der Waals surface area contributed by atoms with Crippen molar-refractivity contribution in [3.8, 4) is 0 Å². The molecule has 1 aromatic rings. The fourth-order valence-corrected chi connectivity index (χ4v) is 1.81. The number of rotatable bonds is 4. The van der Waals surface area contributed by atoms with Crippen LogP contribution in [0.15, 0.2) is 24.3 Å². The third-order valence-electron chi connectivity index (χ3n) is 2.98. The molecular weight excluding hydrogens is 234 g/mol. The van der Waals surface area contributed by atoms with Crippen molar-refractivity contribution in [2.24, 2.45) is 11.8 Å². The van der Waals surface area contributed by atoms with Crippen LogP contribution >= 0.6 is 0 Å². The number of carbonyl (C=O) groups excluding carboxylic acids is 2. The molecule has 1 fully saturated rings. The van der Waals surface area contributed by atoms with Gasteiger partial charge in [-0.25, -0.2) is 0 Å². The van der Waals surface area contributed by atoms with Crippen molar-refractivity contribution >= 4 is 23.3 Å². The molecule has 2 N–H and O–H groups in total. The van der Waals surface area contributed by atoms with Gasteiger partial charge in [-0.05, 0) is 25.5 Å². The van der Waals surface area contributed by atoms with Crippen LogP contribution in [0.1, 0.15) is 23.7 Å². The van der Waals surface area contributed by atoms with E-state index in [0.29, 0.717) is 17.7 Å². The van der Waals surface area contributed by atoms with Crippen molar-refractivity contribution in [1.29, 1.82) is 0 Å². The minimum atomic E-state index is -0.937. The summed E-state index contributed by atoms with van der Waals surface area (Å²) < 4.78 is 0. The van der Waals surface area contributed by atoms with Gasteiger partial charge in [0.15, 0.2) is 5.78 Å². The summed E-state index contributed by atoms with van der Waals surface area (Å²) >= 11 is 0. The van der Waals surface area contributed by atoms with Gasteiger partial charge in [-0.3, -0.25) is 14.4 Å². The fourth-order valence-electron chi connectivity index (χ4n) is 1.81. The van der Waals surface area contributed by atoms with Gasteiger partial charge in [-0.2, -0.15) is 0 Å². The number of hydrogen-bond acceptors (Lipinski definition) is 3. The van der Waals surface area contributed by atoms with Crippen LogP contribution < -0.4 is 5.32 Å². The van der Waals surface area contributed by atoms with Gasteiger partial charge in [0, 0.05) is 11.3 Å². The number of carboxylic acids is 1. The summed E-state index contributed by atoms with van der Waals surface area (Å²) in [6, 6.07) is 6.59. The Labute approximate surface area is 104 Å². The van der Waals surface area contributed by atoms with Crippen molar-refractivity contribution < 1.29 is 19.5 Å². The van der Waals surface area contributed by atoms with Crippen LogP contribution in [0.2, 0.25) is 0 Å². The summed E-state index contributed by atoms with van der Waals surface area (Å²) in [6.07, 6.45) is 0.383. The Hall–Kier alpha value is -2.17. The summed E-state index contributed by atoms with van der Waals surface area (Å²) in [5.74, 6) is -2.35. The molecule has 5 nitrogen and oxygen atoms in total. The Kier molecular flexibility index (Phi) is 3.14. The fraction of sp³-hybridized carbons (Fsp3) is 0.308. The van der Waals surface area contributed by atoms with Crippen LogP contribution in [0.4, 0.5) is 5.69 Å². The van der Waals surface area contributed by atoms with Gasteiger partial charge in [0.2, 0.25) is 5.91 Å². The first-order valence-electron chi connectivity index (χ1n) is 5.63. The lowest BCUT2D eigenvalue weighted by atomic mass is 10.1. The highest BCUT2D eigenvalue weighted by Gasteiger charge is 2.48. The molecule has 2 atom stereocenters. The van der Waals surface area contributed by atoms with Crippen molar-refractivity contribution in [3.05, 3.63) is 29.8 Å². The van der Waals surface area contributed by atoms with E-state index < -0.39 is 17.8 Å². The first-order chi connectivity index (χ1) is 8.49. The van der Waals surface area contributed by atoms with E-state index in [2.05, 4.69) is 5.32 Å². The van der Waals surface area contributed by atoms with E-state index in [1.807, 2.05) is 0 Å². The number of anilines is 1. The second kappa shape index (κ2) is 4.60. The number of Topliss-reactive ketones (excluding diaryl/α,β-unsaturated/α-hetero) is 1. The van der Waals surface area contributed by atoms with Gasteiger partial charge in [0.05, 0.1) is 11.8 Å². The number of carboxylic acid groups (broad SMARTS) is 1. The molecule has 94 valence electrons. The van der Waals surface area contributed by atoms with Gasteiger partial charge >= 0.3 is 5.97 Å². The highest BCUT2D eigenvalue weighted by molar-refractivity contribution is 6.00. The van der Waals surface area contributed by atoms with Crippen LogP contribution in [-0.2, 0) is 9.59 Å². The molecule has 0 aromatic heterocycles. The van der Waals surface area contributed by atoms with Crippen LogP contribution in [0.25, 0.3) is 0 Å². The first-order valence-corrected chi connectivity index (χ1v) is 5.63. The Bertz CT molecular complexity index is 523. The average molecular weight is 247 g/mol. The van der Waals surface area contributed by atoms with Crippen molar-refractivity contribution in [2.75, 3.05) is 5.32 Å². The van der Waals surface area contributed by atoms with Gasteiger partial charge in [-0.1, -0.05) is 12.1 Å². The zero-order chi connectivity index (χ0) is 13.3. The molecule has 1 amide bonds. The molecule has 1 saturated carbocycles. The van der Waals surface area contributed by atoms with Gasteiger partial charge in [0.25, 0.3) is 0 Å². The highest BCUT2D eigenvalue weighted by atomic mass is 16.4. The average Bonchev–Trinajstić information content (AvgIpc) is 3.09. The number of hydrogen-bond donors (Lipinski definition) is 2. The van der Waals surface area contributed by atoms with Crippen molar-refractivity contribution in [1.82, 2.24) is 0 Å². The molecule has 0 unspecified atom stereocenters. The van der Waals surface area contributed by atoms with Crippen molar-refractivity contribution in [2.45, 2.75) is 13.3 Å². The predicted octanol–water partition coefficient (Wildman–Crippen LogP) is 1.55. The SMILES string of the molecule is CC(=O)c1cccc(NC(=O)[C@@H]2C[C@@H]2C(=O)O)c1. The second-order valence-corrected chi connectivity index (χ2v) is 4.41. The smallest absolute Gasteiger partial charge is 0.307 e. The van der Waals surface area contributed by atoms with E-state index in [1.54, 1.807) is 24.3 Å². The van der Waals surface area contributed by atoms with E-state index in [4.69, 9.17) is 5.11 Å². The third-order valence-corrected chi connectivity index (χ3v) is 2.98. The lowest BCUT2D eigenvalue weighted by Crippen LogP contribution is -2.17. The van der Waals surface area contributed by atoms with E-state index >= 15 is 0 Å². The maximum Gasteiger partial charge on any atom is 0.307 e. The molecule has 0 saturated heterocycles. The normalized spacial score (nSPS) is 21.2. The number of benzene rings is 1. The van der Waals surface area contributed by atoms with E-state index in [1.165, 1.54) is 6.92 Å². The van der Waals surface area contributed by atoms with E-state index in [0.717, 1.165) is 0 Å². The predicted molar refractivity (Wildman–Crippen MR) is 64.3 cm³/mol. The minimum absolute atomic E-state index is 0.0825. The molecule has 0 radical (unpaired) electrons. The van der Waals surface area contributed by atoms with Crippen LogP contribution in [0, 0.1) is 11.8 Å². The van der Waals surface area contributed by atoms with Gasteiger partial charge in [-0.15, -0.1) is 0 Å². The Morgan fingerprint density at radius 1 is 1.28 bits per heavy atom. The third kappa shape index (κ3) is 2.56. The number of carbonyl (C=O) groups is 3. The van der Waals surface area contributed by atoms with Crippen molar-refractivity contribution in [3.63, 3.8) is 0 Å². The molecule has 1 aromatic carbocycles. The summed E-state index contributed by atoms with van der Waals surface area (Å²) in [4.78, 5) is 33.5. The zero-order valence-corrected chi connectivity index (χ0v) is 9.84. The van der Waals surface area contributed by atoms with Crippen LogP contribution in [0.3, 0.4) is 0 Å². The van der Waals surface area contributed by atoms with E-state index in [-0.39, 0.29) is 11.7 Å². The zero-order valence-electron chi connectivity index (χ0n) is 9.84.